The molecule has 0 aliphatic carbocycles. The van der Waals surface area contributed by atoms with Gasteiger partial charge in [-0.15, -0.1) is 10.2 Å². The van der Waals surface area contributed by atoms with Crippen LogP contribution in [0.25, 0.3) is 0 Å². The number of amides is 1. The second-order valence-electron chi connectivity index (χ2n) is 6.94. The number of aromatic nitrogens is 2. The molecule has 2 aromatic carbocycles. The molecule has 3 rings (SSSR count). The third-order valence-electron chi connectivity index (χ3n) is 4.01. The van der Waals surface area contributed by atoms with Crippen molar-refractivity contribution in [2.24, 2.45) is 0 Å². The standard InChI is InChI=1S/C19H21N5O6S3/c1-12(2)23-32(26,27)14-9-10-16(30-3)15(11-14)24-33(28,29)19-22-21-18(31-19)20-17(25)13-7-5-4-6-8-13/h4-12,23-24H,1-3H3,(H,20,21,25). The monoisotopic (exact) mass is 511 g/mol. The molecule has 176 valence electrons. The molecule has 1 heterocycles. The number of nitrogens with one attached hydrogen (secondary N) is 3. The number of nitrogens with zero attached hydrogens (tertiary/aromatic N) is 2. The fourth-order valence-electron chi connectivity index (χ4n) is 2.63. The molecule has 1 aromatic heterocycles. The van der Waals surface area contributed by atoms with Gasteiger partial charge in [0.15, 0.2) is 0 Å². The molecule has 0 aliphatic rings. The van der Waals surface area contributed by atoms with Crippen molar-refractivity contribution < 1.29 is 26.4 Å². The van der Waals surface area contributed by atoms with Crippen LogP contribution < -0.4 is 19.5 Å². The minimum absolute atomic E-state index is 0.0198. The minimum Gasteiger partial charge on any atom is -0.495 e. The molecule has 3 aromatic rings. The second kappa shape index (κ2) is 9.82. The van der Waals surface area contributed by atoms with Gasteiger partial charge in [0.2, 0.25) is 15.2 Å². The number of benzene rings is 2. The zero-order valence-electron chi connectivity index (χ0n) is 17.8. The molecule has 0 aliphatic heterocycles. The van der Waals surface area contributed by atoms with Crippen LogP contribution in [-0.4, -0.2) is 46.1 Å². The van der Waals surface area contributed by atoms with E-state index in [4.69, 9.17) is 4.74 Å². The highest BCUT2D eigenvalue weighted by Gasteiger charge is 2.25. The van der Waals surface area contributed by atoms with Crippen LogP contribution in [-0.2, 0) is 20.0 Å². The summed E-state index contributed by atoms with van der Waals surface area (Å²) < 4.78 is 60.0. The molecule has 33 heavy (non-hydrogen) atoms. The average Bonchev–Trinajstić information content (AvgIpc) is 3.22. The second-order valence-corrected chi connectivity index (χ2v) is 11.5. The molecule has 1 amide bonds. The predicted molar refractivity (Wildman–Crippen MR) is 124 cm³/mol. The van der Waals surface area contributed by atoms with E-state index in [0.29, 0.717) is 16.9 Å². The van der Waals surface area contributed by atoms with Gasteiger partial charge in [-0.2, -0.15) is 8.42 Å². The lowest BCUT2D eigenvalue weighted by molar-refractivity contribution is 0.102. The molecule has 0 radical (unpaired) electrons. The van der Waals surface area contributed by atoms with E-state index < -0.39 is 30.3 Å². The summed E-state index contributed by atoms with van der Waals surface area (Å²) in [6.07, 6.45) is 0. The lowest BCUT2D eigenvalue weighted by Gasteiger charge is -2.14. The maximum atomic E-state index is 12.8. The van der Waals surface area contributed by atoms with E-state index >= 15 is 0 Å². The first kappa shape index (κ1) is 24.6. The predicted octanol–water partition coefficient (Wildman–Crippen LogP) is 2.29. The number of methoxy groups -OCH3 is 1. The molecule has 11 nitrogen and oxygen atoms in total. The first-order valence-corrected chi connectivity index (χ1v) is 13.2. The summed E-state index contributed by atoms with van der Waals surface area (Å²) in [7, 11) is -6.82. The number of anilines is 2. The number of sulfonamides is 2. The third kappa shape index (κ3) is 6.04. The van der Waals surface area contributed by atoms with Crippen LogP contribution in [0.15, 0.2) is 57.8 Å². The first-order valence-electron chi connectivity index (χ1n) is 9.45. The van der Waals surface area contributed by atoms with Crippen LogP contribution in [0.3, 0.4) is 0 Å². The molecule has 0 atom stereocenters. The zero-order valence-corrected chi connectivity index (χ0v) is 20.2. The summed E-state index contributed by atoms with van der Waals surface area (Å²) in [5.74, 6) is -0.370. The van der Waals surface area contributed by atoms with Gasteiger partial charge in [0.25, 0.3) is 20.3 Å². The Balaban J connectivity index is 1.85. The highest BCUT2D eigenvalue weighted by atomic mass is 32.2. The van der Waals surface area contributed by atoms with Crippen molar-refractivity contribution in [2.45, 2.75) is 29.1 Å². The summed E-state index contributed by atoms with van der Waals surface area (Å²) in [6, 6.07) is 11.7. The molecule has 0 saturated carbocycles. The van der Waals surface area contributed by atoms with Gasteiger partial charge in [-0.25, -0.2) is 13.1 Å². The van der Waals surface area contributed by atoms with Crippen LogP contribution in [0.4, 0.5) is 10.8 Å². The molecule has 0 spiro atoms. The minimum atomic E-state index is -4.26. The van der Waals surface area contributed by atoms with E-state index in [2.05, 4.69) is 25.0 Å². The van der Waals surface area contributed by atoms with E-state index in [1.807, 2.05) is 0 Å². The summed E-state index contributed by atoms with van der Waals surface area (Å²) in [6.45, 7) is 3.32. The number of carbonyl (C=O) groups is 1. The lowest BCUT2D eigenvalue weighted by Crippen LogP contribution is -2.30. The van der Waals surface area contributed by atoms with Crippen molar-refractivity contribution in [1.82, 2.24) is 14.9 Å². The summed E-state index contributed by atoms with van der Waals surface area (Å²) in [4.78, 5) is 12.1. The maximum Gasteiger partial charge on any atom is 0.291 e. The molecule has 0 bridgehead atoms. The van der Waals surface area contributed by atoms with Crippen LogP contribution in [0.1, 0.15) is 24.2 Å². The van der Waals surface area contributed by atoms with Gasteiger partial charge in [0.1, 0.15) is 5.75 Å². The van der Waals surface area contributed by atoms with Gasteiger partial charge in [0.05, 0.1) is 17.7 Å². The summed E-state index contributed by atoms with van der Waals surface area (Å²) in [5, 5.41) is 9.80. The van der Waals surface area contributed by atoms with E-state index in [1.165, 1.54) is 19.2 Å². The Hall–Kier alpha value is -3.07. The van der Waals surface area contributed by atoms with Gasteiger partial charge in [-0.3, -0.25) is 14.8 Å². The number of carbonyl (C=O) groups excluding carboxylic acids is 1. The Kier molecular flexibility index (Phi) is 7.31. The first-order chi connectivity index (χ1) is 15.5. The summed E-state index contributed by atoms with van der Waals surface area (Å²) in [5.41, 5.74) is 0.266. The smallest absolute Gasteiger partial charge is 0.291 e. The van der Waals surface area contributed by atoms with Crippen molar-refractivity contribution in [3.8, 4) is 5.75 Å². The highest BCUT2D eigenvalue weighted by Crippen LogP contribution is 2.31. The van der Waals surface area contributed by atoms with Gasteiger partial charge in [-0.1, -0.05) is 29.5 Å². The largest absolute Gasteiger partial charge is 0.495 e. The molecule has 14 heteroatoms. The Morgan fingerprint density at radius 1 is 1.00 bits per heavy atom. The SMILES string of the molecule is COc1ccc(S(=O)(=O)NC(C)C)cc1NS(=O)(=O)c1nnc(NC(=O)c2ccccc2)s1. The van der Waals surface area contributed by atoms with Crippen molar-refractivity contribution in [2.75, 3.05) is 17.1 Å². The van der Waals surface area contributed by atoms with Crippen molar-refractivity contribution >= 4 is 48.1 Å². The molecule has 0 fully saturated rings. The van der Waals surface area contributed by atoms with Crippen LogP contribution in [0, 0.1) is 0 Å². The lowest BCUT2D eigenvalue weighted by atomic mass is 10.2. The molecule has 0 saturated heterocycles. The fourth-order valence-corrected chi connectivity index (χ4v) is 5.86. The van der Waals surface area contributed by atoms with Gasteiger partial charge < -0.3 is 4.74 Å². The van der Waals surface area contributed by atoms with Crippen LogP contribution in [0.2, 0.25) is 0 Å². The quantitative estimate of drug-likeness (QED) is 0.369. The van der Waals surface area contributed by atoms with Gasteiger partial charge >= 0.3 is 0 Å². The van der Waals surface area contributed by atoms with Crippen LogP contribution in [0.5, 0.6) is 5.75 Å². The zero-order chi connectivity index (χ0) is 24.2. The molecular weight excluding hydrogens is 490 g/mol. The van der Waals surface area contributed by atoms with Crippen molar-refractivity contribution in [1.29, 1.82) is 0 Å². The molecular formula is C19H21N5O6S3. The Bertz CT molecular complexity index is 1360. The Morgan fingerprint density at radius 2 is 1.70 bits per heavy atom. The fraction of sp³-hybridized carbons (Fsp3) is 0.211. The molecule has 3 N–H and O–H groups in total. The van der Waals surface area contributed by atoms with Crippen molar-refractivity contribution in [3.63, 3.8) is 0 Å². The van der Waals surface area contributed by atoms with E-state index in [1.54, 1.807) is 44.2 Å². The topological polar surface area (TPSA) is 156 Å². The normalized spacial score (nSPS) is 11.9. The number of rotatable bonds is 9. The van der Waals surface area contributed by atoms with Crippen molar-refractivity contribution in [3.05, 3.63) is 54.1 Å². The molecule has 0 unspecified atom stereocenters. The maximum absolute atomic E-state index is 12.8. The van der Waals surface area contributed by atoms with Crippen LogP contribution >= 0.6 is 11.3 Å². The third-order valence-corrected chi connectivity index (χ3v) is 8.24. The Labute approximate surface area is 195 Å². The highest BCUT2D eigenvalue weighted by molar-refractivity contribution is 7.94. The number of ether oxygens (including phenoxy) is 1. The number of hydrogen-bond donors (Lipinski definition) is 3. The number of hydrogen-bond acceptors (Lipinski definition) is 9. The van der Waals surface area contributed by atoms with E-state index in [-0.39, 0.29) is 27.5 Å². The Morgan fingerprint density at radius 3 is 2.33 bits per heavy atom. The average molecular weight is 512 g/mol. The van der Waals surface area contributed by atoms with Gasteiger partial charge in [0, 0.05) is 11.6 Å². The van der Waals surface area contributed by atoms with Gasteiger partial charge in [-0.05, 0) is 44.2 Å². The van der Waals surface area contributed by atoms with E-state index in [9.17, 15) is 21.6 Å². The van der Waals surface area contributed by atoms with E-state index in [0.717, 1.165) is 6.07 Å². The summed E-state index contributed by atoms with van der Waals surface area (Å²) >= 11 is 0.638.